The summed E-state index contributed by atoms with van der Waals surface area (Å²) >= 11 is -0.556. The summed E-state index contributed by atoms with van der Waals surface area (Å²) in [6, 6.07) is 0. The first-order chi connectivity index (χ1) is 8.65. The molecule has 2 fully saturated rings. The molecule has 0 atom stereocenters. The van der Waals surface area contributed by atoms with Gasteiger partial charge in [0.1, 0.15) is 6.71 Å². The van der Waals surface area contributed by atoms with Crippen molar-refractivity contribution in [3.63, 3.8) is 0 Å². The van der Waals surface area contributed by atoms with E-state index < -0.39 is 17.0 Å². The topological polar surface area (TPSA) is 0 Å². The molecule has 4 heteroatoms. The third-order valence-corrected chi connectivity index (χ3v) is 4.39. The van der Waals surface area contributed by atoms with Crippen LogP contribution in [-0.4, -0.2) is 6.71 Å². The van der Waals surface area contributed by atoms with Crippen LogP contribution in [0.25, 0.3) is 0 Å². The molecule has 0 radical (unpaired) electrons. The van der Waals surface area contributed by atoms with Crippen LogP contribution >= 0.6 is 18.6 Å². The van der Waals surface area contributed by atoms with Gasteiger partial charge in [0.25, 0.3) is 0 Å². The van der Waals surface area contributed by atoms with Crippen molar-refractivity contribution in [1.82, 2.24) is 0 Å². The Balaban J connectivity index is -0.000000225. The summed E-state index contributed by atoms with van der Waals surface area (Å²) in [4.78, 5) is 0. The van der Waals surface area contributed by atoms with Gasteiger partial charge in [-0.15, -0.1) is 0 Å². The molecular weight excluding hydrogens is 322 g/mol. The van der Waals surface area contributed by atoms with Crippen molar-refractivity contribution in [1.29, 1.82) is 0 Å². The second-order valence-corrected chi connectivity index (χ2v) is 8.50. The summed E-state index contributed by atoms with van der Waals surface area (Å²) in [6.45, 7) is 7.93. The molecule has 0 aromatic carbocycles. The molecule has 0 aliphatic heterocycles. The van der Waals surface area contributed by atoms with Crippen LogP contribution in [0, 0.1) is 20.8 Å². The first-order valence-electron chi connectivity index (χ1n) is 7.61. The van der Waals surface area contributed by atoms with Crippen molar-refractivity contribution in [3.05, 3.63) is 14.9 Å². The summed E-state index contributed by atoms with van der Waals surface area (Å²) in [7, 11) is 9.78. The predicted molar refractivity (Wildman–Crippen MR) is 96.5 cm³/mol. The fourth-order valence-electron chi connectivity index (χ4n) is 3.04. The Morgan fingerprint density at radius 1 is 0.900 bits per heavy atom. The van der Waals surface area contributed by atoms with Gasteiger partial charge in [-0.25, -0.2) is 0 Å². The van der Waals surface area contributed by atoms with Crippen molar-refractivity contribution >= 4 is 25.3 Å². The quantitative estimate of drug-likeness (QED) is 0.354. The Labute approximate surface area is 146 Å². The molecular formula is C16H35BCl2Ti-2. The molecule has 2 saturated carbocycles. The normalized spacial score (nSPS) is 17.6. The van der Waals surface area contributed by atoms with Gasteiger partial charge in [-0.05, 0) is 5.92 Å². The van der Waals surface area contributed by atoms with Gasteiger partial charge in [-0.2, -0.15) is 0 Å². The molecule has 2 rings (SSSR count). The summed E-state index contributed by atoms with van der Waals surface area (Å²) in [5.74, 6) is 2.16. The molecule has 0 N–H and O–H groups in total. The minimum absolute atomic E-state index is 0. The summed E-state index contributed by atoms with van der Waals surface area (Å²) in [5, 5.41) is 0. The Morgan fingerprint density at radius 3 is 1.45 bits per heavy atom. The van der Waals surface area contributed by atoms with Crippen LogP contribution in [0.1, 0.15) is 64.7 Å². The molecule has 2 aliphatic rings. The van der Waals surface area contributed by atoms with Gasteiger partial charge in [-0.3, -0.25) is 0 Å². The number of halogens is 2. The van der Waals surface area contributed by atoms with Crippen molar-refractivity contribution in [3.8, 4) is 0 Å². The standard InChI is InChI=1S/C7H15B.C7H14.2CH3.2ClH.Ti/c1-8(2)7-5-3-4-6-7;1-2-7-5-3-4-6-7;;;;;/h7H,3-6H2,1-2H3;7H,2-6H2,1H3;2*1H3;2*1H;/q;;2*-1;;;+2/p-2. The zero-order valence-corrected chi connectivity index (χ0v) is 17.4. The second kappa shape index (κ2) is 18.4. The van der Waals surface area contributed by atoms with Gasteiger partial charge in [0.05, 0.1) is 0 Å². The number of hydrogen-bond donors (Lipinski definition) is 0. The van der Waals surface area contributed by atoms with Crippen molar-refractivity contribution < 1.29 is 17.0 Å². The van der Waals surface area contributed by atoms with Crippen LogP contribution < -0.4 is 0 Å². The fourth-order valence-corrected chi connectivity index (χ4v) is 3.04. The Hall–Kier alpha value is 1.36. The average molecular weight is 357 g/mol. The first-order valence-corrected chi connectivity index (χ1v) is 11.9. The summed E-state index contributed by atoms with van der Waals surface area (Å²) in [5.41, 5.74) is 0. The molecule has 2 aliphatic carbocycles. The SMILES string of the molecule is CB(C)C1CCCC1.CCC1CCCC1.[CH3-].[CH3-].[Cl][Ti][Cl]. The molecule has 0 heterocycles. The molecule has 0 aromatic rings. The van der Waals surface area contributed by atoms with Crippen molar-refractivity contribution in [2.24, 2.45) is 5.92 Å². The molecule has 20 heavy (non-hydrogen) atoms. The molecule has 0 unspecified atom stereocenters. The van der Waals surface area contributed by atoms with Crippen LogP contribution in [0.3, 0.4) is 0 Å². The molecule has 0 spiro atoms. The van der Waals surface area contributed by atoms with Gasteiger partial charge in [0.2, 0.25) is 0 Å². The fraction of sp³-hybridized carbons (Fsp3) is 0.875. The van der Waals surface area contributed by atoms with E-state index in [1.165, 1.54) is 57.8 Å². The molecule has 0 aromatic heterocycles. The zero-order chi connectivity index (χ0) is 13.8. The van der Waals surface area contributed by atoms with E-state index in [9.17, 15) is 0 Å². The van der Waals surface area contributed by atoms with Crippen LogP contribution in [-0.2, 0) is 17.0 Å². The maximum atomic E-state index is 4.89. The van der Waals surface area contributed by atoms with Crippen LogP contribution in [0.5, 0.6) is 0 Å². The average Bonchev–Trinajstić information content (AvgIpc) is 3.04. The van der Waals surface area contributed by atoms with Gasteiger partial charge in [0, 0.05) is 0 Å². The molecule has 0 amide bonds. The Morgan fingerprint density at radius 2 is 1.25 bits per heavy atom. The second-order valence-electron chi connectivity index (χ2n) is 5.92. The summed E-state index contributed by atoms with van der Waals surface area (Å²) in [6.07, 6.45) is 13.4. The van der Waals surface area contributed by atoms with Crippen LogP contribution in [0.2, 0.25) is 19.5 Å². The van der Waals surface area contributed by atoms with E-state index in [2.05, 4.69) is 20.6 Å². The van der Waals surface area contributed by atoms with Gasteiger partial charge < -0.3 is 14.9 Å². The van der Waals surface area contributed by atoms with Crippen molar-refractivity contribution in [2.45, 2.75) is 84.2 Å². The third-order valence-electron chi connectivity index (χ3n) is 4.39. The number of hydrogen-bond acceptors (Lipinski definition) is 0. The predicted octanol–water partition coefficient (Wildman–Crippen LogP) is 7.55. The van der Waals surface area contributed by atoms with Gasteiger partial charge in [0.15, 0.2) is 0 Å². The van der Waals surface area contributed by atoms with Crippen LogP contribution in [0.4, 0.5) is 0 Å². The number of rotatable bonds is 2. The molecule has 0 saturated heterocycles. The monoisotopic (exact) mass is 356 g/mol. The van der Waals surface area contributed by atoms with E-state index in [1.54, 1.807) is 0 Å². The zero-order valence-electron chi connectivity index (χ0n) is 14.4. The molecule has 122 valence electrons. The van der Waals surface area contributed by atoms with Crippen molar-refractivity contribution in [2.75, 3.05) is 0 Å². The molecule has 0 nitrogen and oxygen atoms in total. The van der Waals surface area contributed by atoms with E-state index in [0.717, 1.165) is 18.4 Å². The molecule has 0 bridgehead atoms. The van der Waals surface area contributed by atoms with Gasteiger partial charge >= 0.3 is 35.6 Å². The van der Waals surface area contributed by atoms with Gasteiger partial charge in [-0.1, -0.05) is 84.2 Å². The van der Waals surface area contributed by atoms with Crippen LogP contribution in [0.15, 0.2) is 0 Å². The van der Waals surface area contributed by atoms with E-state index in [1.807, 2.05) is 0 Å². The Kier molecular flexibility index (Phi) is 24.2. The Bertz CT molecular complexity index is 168. The maximum absolute atomic E-state index is 4.89. The first kappa shape index (κ1) is 26.3. The third kappa shape index (κ3) is 14.3. The minimum atomic E-state index is -0.556. The van der Waals surface area contributed by atoms with E-state index in [4.69, 9.17) is 18.6 Å². The van der Waals surface area contributed by atoms with E-state index in [0.29, 0.717) is 0 Å². The van der Waals surface area contributed by atoms with E-state index in [-0.39, 0.29) is 14.9 Å². The summed E-state index contributed by atoms with van der Waals surface area (Å²) < 4.78 is 0. The van der Waals surface area contributed by atoms with E-state index >= 15 is 0 Å².